The molecule has 0 aliphatic heterocycles. The summed E-state index contributed by atoms with van der Waals surface area (Å²) < 4.78 is 0. The van der Waals surface area contributed by atoms with E-state index in [1.165, 1.54) is 38.4 Å². The van der Waals surface area contributed by atoms with Crippen molar-refractivity contribution in [3.05, 3.63) is 6.33 Å². The first kappa shape index (κ1) is 13.7. The van der Waals surface area contributed by atoms with Crippen LogP contribution in [0.4, 0.5) is 5.95 Å². The summed E-state index contributed by atoms with van der Waals surface area (Å²) in [5.41, 5.74) is 0. The lowest BCUT2D eigenvalue weighted by atomic mass is 10.1. The van der Waals surface area contributed by atoms with E-state index in [1.54, 1.807) is 0 Å². The minimum absolute atomic E-state index is 0.00954. The van der Waals surface area contributed by atoms with Crippen LogP contribution in [0.3, 0.4) is 0 Å². The van der Waals surface area contributed by atoms with Gasteiger partial charge >= 0.3 is 0 Å². The van der Waals surface area contributed by atoms with Crippen molar-refractivity contribution in [2.24, 2.45) is 0 Å². The fourth-order valence-corrected chi connectivity index (χ4v) is 1.70. The van der Waals surface area contributed by atoms with Crippen LogP contribution >= 0.6 is 0 Å². The number of anilines is 1. The Balaban J connectivity index is 1.94. The van der Waals surface area contributed by atoms with E-state index >= 15 is 0 Å². The Kier molecular flexibility index (Phi) is 7.02. The molecule has 0 spiro atoms. The van der Waals surface area contributed by atoms with Crippen molar-refractivity contribution >= 4 is 11.9 Å². The summed E-state index contributed by atoms with van der Waals surface area (Å²) in [4.78, 5) is 15.3. The molecule has 0 radical (unpaired) electrons. The number of unbranched alkanes of at least 4 members (excludes halogenated alkanes) is 6. The molecule has 0 atom stereocenters. The second-order valence-corrected chi connectivity index (χ2v) is 4.25. The number of hydrogen-bond acceptors (Lipinski definition) is 3. The molecule has 0 fully saturated rings. The van der Waals surface area contributed by atoms with Crippen molar-refractivity contribution in [1.82, 2.24) is 15.2 Å². The highest BCUT2D eigenvalue weighted by Crippen LogP contribution is 2.08. The smallest absolute Gasteiger partial charge is 0.226 e. The van der Waals surface area contributed by atoms with Gasteiger partial charge in [0.2, 0.25) is 11.9 Å². The van der Waals surface area contributed by atoms with Crippen molar-refractivity contribution in [2.75, 3.05) is 5.32 Å². The molecule has 0 aromatic carbocycles. The van der Waals surface area contributed by atoms with E-state index in [2.05, 4.69) is 27.4 Å². The van der Waals surface area contributed by atoms with Crippen LogP contribution in [0.1, 0.15) is 58.3 Å². The number of nitrogens with zero attached hydrogens (tertiary/aromatic N) is 2. The molecular weight excluding hydrogens is 216 g/mol. The standard InChI is InChI=1S/C12H22N4O/c1-2-3-4-5-6-7-8-9-11(17)15-12-13-10-14-16-12/h10H,2-9H2,1H3,(H2,13,14,15,16,17). The van der Waals surface area contributed by atoms with E-state index in [-0.39, 0.29) is 5.91 Å². The quantitative estimate of drug-likeness (QED) is 0.650. The molecule has 0 aliphatic carbocycles. The molecule has 1 heterocycles. The van der Waals surface area contributed by atoms with E-state index in [0.29, 0.717) is 12.4 Å². The predicted octanol–water partition coefficient (Wildman–Crippen LogP) is 2.88. The van der Waals surface area contributed by atoms with Gasteiger partial charge in [0.05, 0.1) is 0 Å². The molecular formula is C12H22N4O. The van der Waals surface area contributed by atoms with Gasteiger partial charge in [-0.2, -0.15) is 10.1 Å². The zero-order chi connectivity index (χ0) is 12.3. The van der Waals surface area contributed by atoms with Crippen molar-refractivity contribution < 1.29 is 4.79 Å². The summed E-state index contributed by atoms with van der Waals surface area (Å²) in [6.45, 7) is 2.22. The molecule has 1 amide bonds. The number of carbonyl (C=O) groups excluding carboxylic acids is 1. The van der Waals surface area contributed by atoms with Gasteiger partial charge in [-0.05, 0) is 6.42 Å². The van der Waals surface area contributed by atoms with Gasteiger partial charge in [-0.15, -0.1) is 0 Å². The van der Waals surface area contributed by atoms with Crippen LogP contribution in [0, 0.1) is 0 Å². The van der Waals surface area contributed by atoms with Gasteiger partial charge in [0.15, 0.2) is 0 Å². The zero-order valence-corrected chi connectivity index (χ0v) is 10.5. The Morgan fingerprint density at radius 3 is 2.59 bits per heavy atom. The number of aromatic amines is 1. The summed E-state index contributed by atoms with van der Waals surface area (Å²) in [6, 6.07) is 0. The first-order valence-corrected chi connectivity index (χ1v) is 6.48. The van der Waals surface area contributed by atoms with E-state index in [0.717, 1.165) is 12.8 Å². The molecule has 5 nitrogen and oxygen atoms in total. The highest BCUT2D eigenvalue weighted by Gasteiger charge is 2.03. The SMILES string of the molecule is CCCCCCCCCC(=O)Nc1ncn[nH]1. The Labute approximate surface area is 102 Å². The van der Waals surface area contributed by atoms with E-state index < -0.39 is 0 Å². The van der Waals surface area contributed by atoms with Gasteiger partial charge in [0, 0.05) is 6.42 Å². The van der Waals surface area contributed by atoms with E-state index in [9.17, 15) is 4.79 Å². The van der Waals surface area contributed by atoms with E-state index in [1.807, 2.05) is 0 Å². The topological polar surface area (TPSA) is 70.7 Å². The molecule has 0 bridgehead atoms. The number of hydrogen-bond donors (Lipinski definition) is 2. The van der Waals surface area contributed by atoms with Gasteiger partial charge < -0.3 is 0 Å². The fourth-order valence-electron chi connectivity index (χ4n) is 1.70. The van der Waals surface area contributed by atoms with Crippen molar-refractivity contribution in [3.8, 4) is 0 Å². The summed E-state index contributed by atoms with van der Waals surface area (Å²) in [5, 5.41) is 8.93. The van der Waals surface area contributed by atoms with Crippen LogP contribution < -0.4 is 5.32 Å². The Morgan fingerprint density at radius 1 is 1.24 bits per heavy atom. The minimum Gasteiger partial charge on any atom is -0.295 e. The predicted molar refractivity (Wildman–Crippen MR) is 67.6 cm³/mol. The second kappa shape index (κ2) is 8.73. The van der Waals surface area contributed by atoms with Crippen molar-refractivity contribution in [3.63, 3.8) is 0 Å². The average Bonchev–Trinajstić information content (AvgIpc) is 2.80. The minimum atomic E-state index is 0.00954. The molecule has 17 heavy (non-hydrogen) atoms. The van der Waals surface area contributed by atoms with Crippen LogP contribution in [-0.2, 0) is 4.79 Å². The Hall–Kier alpha value is -1.39. The summed E-state index contributed by atoms with van der Waals surface area (Å²) in [7, 11) is 0. The van der Waals surface area contributed by atoms with Crippen molar-refractivity contribution in [1.29, 1.82) is 0 Å². The highest BCUT2D eigenvalue weighted by molar-refractivity contribution is 5.88. The number of H-pyrrole nitrogens is 1. The van der Waals surface area contributed by atoms with Crippen LogP contribution in [0.2, 0.25) is 0 Å². The largest absolute Gasteiger partial charge is 0.295 e. The van der Waals surface area contributed by atoms with Gasteiger partial charge in [0.25, 0.3) is 0 Å². The fraction of sp³-hybridized carbons (Fsp3) is 0.750. The summed E-state index contributed by atoms with van der Waals surface area (Å²) in [5.74, 6) is 0.438. The third-order valence-electron chi connectivity index (χ3n) is 2.68. The Bertz CT molecular complexity index is 297. The van der Waals surface area contributed by atoms with Crippen LogP contribution in [-0.4, -0.2) is 21.1 Å². The molecule has 0 saturated heterocycles. The molecule has 1 rings (SSSR count). The number of amides is 1. The number of carbonyl (C=O) groups is 1. The first-order chi connectivity index (χ1) is 8.33. The van der Waals surface area contributed by atoms with Gasteiger partial charge in [-0.25, -0.2) is 5.10 Å². The third kappa shape index (κ3) is 6.71. The maximum Gasteiger partial charge on any atom is 0.226 e. The second-order valence-electron chi connectivity index (χ2n) is 4.25. The monoisotopic (exact) mass is 238 g/mol. The number of nitrogens with one attached hydrogen (secondary N) is 2. The lowest BCUT2D eigenvalue weighted by Crippen LogP contribution is -2.12. The highest BCUT2D eigenvalue weighted by atomic mass is 16.1. The molecule has 2 N–H and O–H groups in total. The summed E-state index contributed by atoms with van der Waals surface area (Å²) >= 11 is 0. The van der Waals surface area contributed by atoms with Gasteiger partial charge in [0.1, 0.15) is 6.33 Å². The first-order valence-electron chi connectivity index (χ1n) is 6.48. The lowest BCUT2D eigenvalue weighted by Gasteiger charge is -2.02. The maximum absolute atomic E-state index is 11.4. The molecule has 0 aliphatic rings. The van der Waals surface area contributed by atoms with E-state index in [4.69, 9.17) is 0 Å². The zero-order valence-electron chi connectivity index (χ0n) is 10.5. The van der Waals surface area contributed by atoms with Crippen LogP contribution in [0.25, 0.3) is 0 Å². The molecule has 96 valence electrons. The van der Waals surface area contributed by atoms with Crippen LogP contribution in [0.5, 0.6) is 0 Å². The maximum atomic E-state index is 11.4. The molecule has 1 aromatic heterocycles. The molecule has 1 aromatic rings. The molecule has 0 unspecified atom stereocenters. The Morgan fingerprint density at radius 2 is 1.94 bits per heavy atom. The average molecular weight is 238 g/mol. The van der Waals surface area contributed by atoms with Gasteiger partial charge in [-0.3, -0.25) is 10.1 Å². The molecule has 5 heteroatoms. The number of aromatic nitrogens is 3. The number of rotatable bonds is 9. The lowest BCUT2D eigenvalue weighted by molar-refractivity contribution is -0.116. The van der Waals surface area contributed by atoms with Crippen LogP contribution in [0.15, 0.2) is 6.33 Å². The third-order valence-corrected chi connectivity index (χ3v) is 2.68. The van der Waals surface area contributed by atoms with Gasteiger partial charge in [-0.1, -0.05) is 45.4 Å². The molecule has 0 saturated carbocycles. The van der Waals surface area contributed by atoms with Crippen molar-refractivity contribution in [2.45, 2.75) is 58.3 Å². The summed E-state index contributed by atoms with van der Waals surface area (Å²) in [6.07, 6.45) is 10.5. The normalized spacial score (nSPS) is 10.4.